The molecule has 2 aliphatic heterocycles. The molecule has 6 nitrogen and oxygen atoms in total. The first-order chi connectivity index (χ1) is 12.1. The molecule has 2 N–H and O–H groups in total. The highest BCUT2D eigenvalue weighted by atomic mass is 35.5. The van der Waals surface area contributed by atoms with Crippen LogP contribution in [0.5, 0.6) is 0 Å². The minimum Gasteiger partial charge on any atom is -0.340 e. The summed E-state index contributed by atoms with van der Waals surface area (Å²) in [6, 6.07) is -0.115. The molecule has 0 bridgehead atoms. The van der Waals surface area contributed by atoms with Crippen LogP contribution >= 0.6 is 11.6 Å². The summed E-state index contributed by atoms with van der Waals surface area (Å²) in [7, 11) is 0. The SMILES string of the molecule is O=C1NNCC(N2CCN(CC3CCC(C4CC4)CC3)C(=O)C2)C1Cl. The van der Waals surface area contributed by atoms with Crippen LogP contribution < -0.4 is 10.9 Å². The number of carbonyl (C=O) groups is 2. The Bertz CT molecular complexity index is 519. The Morgan fingerprint density at radius 3 is 2.32 bits per heavy atom. The van der Waals surface area contributed by atoms with Crippen molar-refractivity contribution in [2.24, 2.45) is 17.8 Å². The highest BCUT2D eigenvalue weighted by Crippen LogP contribution is 2.45. The third-order valence-corrected chi connectivity index (χ3v) is 7.08. The van der Waals surface area contributed by atoms with Gasteiger partial charge in [0.25, 0.3) is 5.91 Å². The predicted molar refractivity (Wildman–Crippen MR) is 95.9 cm³/mol. The smallest absolute Gasteiger partial charge is 0.253 e. The third-order valence-electron chi connectivity index (χ3n) is 6.59. The van der Waals surface area contributed by atoms with Crippen LogP contribution in [0.2, 0.25) is 0 Å². The van der Waals surface area contributed by atoms with Crippen molar-refractivity contribution < 1.29 is 9.59 Å². The zero-order chi connectivity index (χ0) is 17.4. The van der Waals surface area contributed by atoms with E-state index in [-0.39, 0.29) is 17.9 Å². The summed E-state index contributed by atoms with van der Waals surface area (Å²) in [6.07, 6.45) is 8.19. The normalized spacial score (nSPS) is 37.9. The van der Waals surface area contributed by atoms with Crippen LogP contribution in [0, 0.1) is 17.8 Å². The lowest BCUT2D eigenvalue weighted by molar-refractivity contribution is -0.139. The van der Waals surface area contributed by atoms with Gasteiger partial charge < -0.3 is 4.90 Å². The van der Waals surface area contributed by atoms with Crippen LogP contribution in [-0.2, 0) is 9.59 Å². The summed E-state index contributed by atoms with van der Waals surface area (Å²) in [6.45, 7) is 3.42. The third kappa shape index (κ3) is 3.96. The average molecular weight is 369 g/mol. The van der Waals surface area contributed by atoms with Crippen LogP contribution in [0.25, 0.3) is 0 Å². The van der Waals surface area contributed by atoms with Gasteiger partial charge in [0, 0.05) is 32.2 Å². The van der Waals surface area contributed by atoms with E-state index in [0.29, 0.717) is 19.0 Å². The van der Waals surface area contributed by atoms with Crippen molar-refractivity contribution in [1.29, 1.82) is 0 Å². The number of carbonyl (C=O) groups excluding carboxylic acids is 2. The van der Waals surface area contributed by atoms with Crippen LogP contribution in [0.3, 0.4) is 0 Å². The molecule has 4 rings (SSSR count). The molecular formula is C18H29ClN4O2. The Balaban J connectivity index is 1.25. The summed E-state index contributed by atoms with van der Waals surface area (Å²) in [5, 5.41) is -0.599. The van der Waals surface area contributed by atoms with E-state index in [4.69, 9.17) is 11.6 Å². The molecule has 0 aromatic carbocycles. The lowest BCUT2D eigenvalue weighted by Gasteiger charge is -2.42. The van der Waals surface area contributed by atoms with E-state index >= 15 is 0 Å². The van der Waals surface area contributed by atoms with Crippen LogP contribution in [0.1, 0.15) is 38.5 Å². The fourth-order valence-electron chi connectivity index (χ4n) is 4.83. The number of hydrogen-bond donors (Lipinski definition) is 2. The van der Waals surface area contributed by atoms with E-state index in [1.54, 1.807) is 0 Å². The van der Waals surface area contributed by atoms with Gasteiger partial charge in [-0.2, -0.15) is 0 Å². The molecule has 2 unspecified atom stereocenters. The van der Waals surface area contributed by atoms with Gasteiger partial charge in [-0.1, -0.05) is 0 Å². The first-order valence-corrected chi connectivity index (χ1v) is 10.2. The lowest BCUT2D eigenvalue weighted by atomic mass is 9.79. The topological polar surface area (TPSA) is 64.7 Å². The highest BCUT2D eigenvalue weighted by molar-refractivity contribution is 6.31. The number of amides is 2. The zero-order valence-electron chi connectivity index (χ0n) is 14.8. The van der Waals surface area contributed by atoms with Crippen LogP contribution in [0.4, 0.5) is 0 Å². The zero-order valence-corrected chi connectivity index (χ0v) is 15.5. The van der Waals surface area contributed by atoms with Crippen LogP contribution in [-0.4, -0.2) is 65.8 Å². The molecular weight excluding hydrogens is 340 g/mol. The maximum atomic E-state index is 12.6. The van der Waals surface area contributed by atoms with E-state index < -0.39 is 5.38 Å². The van der Waals surface area contributed by atoms with E-state index in [0.717, 1.165) is 31.5 Å². The number of nitrogens with one attached hydrogen (secondary N) is 2. The second-order valence-electron chi connectivity index (χ2n) is 8.27. The fourth-order valence-corrected chi connectivity index (χ4v) is 5.13. The van der Waals surface area contributed by atoms with E-state index in [1.165, 1.54) is 38.5 Å². The molecule has 2 amide bonds. The van der Waals surface area contributed by atoms with Gasteiger partial charge in [0.15, 0.2) is 0 Å². The highest BCUT2D eigenvalue weighted by Gasteiger charge is 2.39. The first-order valence-electron chi connectivity index (χ1n) is 9.80. The Labute approximate surface area is 154 Å². The largest absolute Gasteiger partial charge is 0.340 e. The number of halogens is 1. The molecule has 4 fully saturated rings. The lowest BCUT2D eigenvalue weighted by Crippen LogP contribution is -2.65. The Morgan fingerprint density at radius 1 is 1.00 bits per heavy atom. The van der Waals surface area contributed by atoms with Crippen molar-refractivity contribution >= 4 is 23.4 Å². The molecule has 2 saturated carbocycles. The monoisotopic (exact) mass is 368 g/mol. The molecule has 2 atom stereocenters. The molecule has 25 heavy (non-hydrogen) atoms. The second-order valence-corrected chi connectivity index (χ2v) is 8.74. The Kier molecular flexibility index (Phi) is 5.20. The van der Waals surface area contributed by atoms with Crippen molar-refractivity contribution in [3.8, 4) is 0 Å². The summed E-state index contributed by atoms with van der Waals surface area (Å²) in [4.78, 5) is 28.4. The maximum Gasteiger partial charge on any atom is 0.253 e. The summed E-state index contributed by atoms with van der Waals surface area (Å²) in [5.74, 6) is 2.64. The molecule has 140 valence electrons. The first kappa shape index (κ1) is 17.6. The molecule has 0 spiro atoms. The van der Waals surface area contributed by atoms with Gasteiger partial charge >= 0.3 is 0 Å². The fraction of sp³-hybridized carbons (Fsp3) is 0.889. The van der Waals surface area contributed by atoms with E-state index in [9.17, 15) is 9.59 Å². The van der Waals surface area contributed by atoms with E-state index in [2.05, 4.69) is 15.8 Å². The number of rotatable bonds is 4. The van der Waals surface area contributed by atoms with Gasteiger partial charge in [-0.25, -0.2) is 5.43 Å². The van der Waals surface area contributed by atoms with Crippen molar-refractivity contribution in [2.45, 2.75) is 49.9 Å². The molecule has 2 saturated heterocycles. The number of hydrogen-bond acceptors (Lipinski definition) is 4. The molecule has 0 aromatic heterocycles. The predicted octanol–water partition coefficient (Wildman–Crippen LogP) is 0.957. The summed E-state index contributed by atoms with van der Waals surface area (Å²) < 4.78 is 0. The van der Waals surface area contributed by atoms with Gasteiger partial charge in [-0.3, -0.25) is 19.9 Å². The minimum absolute atomic E-state index is 0.115. The van der Waals surface area contributed by atoms with Crippen molar-refractivity contribution in [2.75, 3.05) is 32.7 Å². The van der Waals surface area contributed by atoms with Crippen molar-refractivity contribution in [1.82, 2.24) is 20.7 Å². The number of alkyl halides is 1. The number of piperazine rings is 1. The molecule has 2 heterocycles. The van der Waals surface area contributed by atoms with Gasteiger partial charge in [-0.15, -0.1) is 11.6 Å². The summed E-state index contributed by atoms with van der Waals surface area (Å²) >= 11 is 6.23. The average Bonchev–Trinajstić information content (AvgIpc) is 3.45. The van der Waals surface area contributed by atoms with E-state index in [1.807, 2.05) is 4.90 Å². The summed E-state index contributed by atoms with van der Waals surface area (Å²) in [5.41, 5.74) is 5.42. The van der Waals surface area contributed by atoms with Crippen molar-refractivity contribution in [3.05, 3.63) is 0 Å². The maximum absolute atomic E-state index is 12.6. The Morgan fingerprint density at radius 2 is 1.68 bits per heavy atom. The molecule has 7 heteroatoms. The molecule has 0 aromatic rings. The Hall–Kier alpha value is -0.850. The number of hydrazine groups is 1. The quantitative estimate of drug-likeness (QED) is 0.725. The van der Waals surface area contributed by atoms with Gasteiger partial charge in [0.05, 0.1) is 6.54 Å². The van der Waals surface area contributed by atoms with Gasteiger partial charge in [0.1, 0.15) is 5.38 Å². The number of nitrogens with zero attached hydrogens (tertiary/aromatic N) is 2. The molecule has 2 aliphatic carbocycles. The molecule has 0 radical (unpaired) electrons. The van der Waals surface area contributed by atoms with Crippen molar-refractivity contribution in [3.63, 3.8) is 0 Å². The minimum atomic E-state index is -0.599. The molecule has 4 aliphatic rings. The second kappa shape index (κ2) is 7.41. The van der Waals surface area contributed by atoms with Gasteiger partial charge in [-0.05, 0) is 56.3 Å². The van der Waals surface area contributed by atoms with Gasteiger partial charge in [0.2, 0.25) is 5.91 Å². The van der Waals surface area contributed by atoms with Crippen LogP contribution in [0.15, 0.2) is 0 Å². The standard InChI is InChI=1S/C18H29ClN4O2/c19-17-15(9-20-21-18(17)25)22-7-8-23(16(24)11-22)10-12-1-3-13(4-2-12)14-5-6-14/h12-15,17,20H,1-11H2,(H,21,25).